The quantitative estimate of drug-likeness (QED) is 0.501. The largest absolute Gasteiger partial charge is 0.437 e. The van der Waals surface area contributed by atoms with Crippen molar-refractivity contribution < 1.29 is 41.4 Å². The van der Waals surface area contributed by atoms with Gasteiger partial charge in [-0.25, -0.2) is 4.79 Å². The van der Waals surface area contributed by atoms with Gasteiger partial charge in [0.25, 0.3) is 0 Å². The Bertz CT molecular complexity index is 938. The van der Waals surface area contributed by atoms with E-state index in [1.54, 1.807) is 0 Å². The van der Waals surface area contributed by atoms with E-state index in [-0.39, 0.29) is 11.1 Å². The fourth-order valence-corrected chi connectivity index (χ4v) is 3.32. The van der Waals surface area contributed by atoms with E-state index >= 15 is 0 Å². The van der Waals surface area contributed by atoms with Gasteiger partial charge in [0.1, 0.15) is 11.7 Å². The second-order valence-corrected chi connectivity index (χ2v) is 6.46. The van der Waals surface area contributed by atoms with Gasteiger partial charge < -0.3 is 20.5 Å². The zero-order chi connectivity index (χ0) is 22.1. The number of rotatable bonds is 5. The molecule has 0 aromatic heterocycles. The SMILES string of the molecule is O=C1N[C@H](c2ccccc2OC(F)F)[C@@H](C(=O)c2ccccc2)[C@](O)(C(F)(F)F)N1. The lowest BCUT2D eigenvalue weighted by atomic mass is 9.77. The van der Waals surface area contributed by atoms with Crippen LogP contribution in [0.4, 0.5) is 26.7 Å². The van der Waals surface area contributed by atoms with Gasteiger partial charge in [-0.15, -0.1) is 0 Å². The molecule has 1 aliphatic heterocycles. The summed E-state index contributed by atoms with van der Waals surface area (Å²) in [6, 6.07) is 8.28. The number of ether oxygens (including phenoxy) is 1. The van der Waals surface area contributed by atoms with E-state index in [1.807, 2.05) is 0 Å². The molecule has 2 amide bonds. The van der Waals surface area contributed by atoms with Gasteiger partial charge >= 0.3 is 18.8 Å². The van der Waals surface area contributed by atoms with Crippen LogP contribution >= 0.6 is 0 Å². The summed E-state index contributed by atoms with van der Waals surface area (Å²) in [4.78, 5) is 25.0. The predicted octanol–water partition coefficient (Wildman–Crippen LogP) is 3.39. The van der Waals surface area contributed by atoms with Crippen LogP contribution in [0.25, 0.3) is 0 Å². The lowest BCUT2D eigenvalue weighted by Crippen LogP contribution is -2.72. The summed E-state index contributed by atoms with van der Waals surface area (Å²) in [5.74, 6) is -4.06. The van der Waals surface area contributed by atoms with Crippen LogP contribution in [-0.2, 0) is 0 Å². The zero-order valence-electron chi connectivity index (χ0n) is 15.0. The zero-order valence-corrected chi connectivity index (χ0v) is 15.0. The van der Waals surface area contributed by atoms with Crippen molar-refractivity contribution in [1.82, 2.24) is 10.6 Å². The summed E-state index contributed by atoms with van der Waals surface area (Å²) < 4.78 is 71.4. The molecule has 1 heterocycles. The lowest BCUT2D eigenvalue weighted by molar-refractivity contribution is -0.287. The van der Waals surface area contributed by atoms with Crippen molar-refractivity contribution in [2.75, 3.05) is 0 Å². The molecule has 30 heavy (non-hydrogen) atoms. The molecule has 0 spiro atoms. The number of carbonyl (C=O) groups is 2. The molecule has 1 fully saturated rings. The first-order valence-corrected chi connectivity index (χ1v) is 8.55. The molecular weight excluding hydrogens is 415 g/mol. The van der Waals surface area contributed by atoms with Crippen LogP contribution in [0.2, 0.25) is 0 Å². The predicted molar refractivity (Wildman–Crippen MR) is 92.7 cm³/mol. The Hall–Kier alpha value is -3.21. The molecule has 2 aromatic carbocycles. The van der Waals surface area contributed by atoms with E-state index in [0.717, 1.165) is 12.1 Å². The van der Waals surface area contributed by atoms with Gasteiger partial charge in [-0.3, -0.25) is 4.79 Å². The maximum Gasteiger partial charge on any atom is 0.437 e. The summed E-state index contributed by atoms with van der Waals surface area (Å²) in [5.41, 5.74) is -4.48. The lowest BCUT2D eigenvalue weighted by Gasteiger charge is -2.45. The molecular formula is C19H15F5N2O4. The Morgan fingerprint density at radius 3 is 2.27 bits per heavy atom. The van der Waals surface area contributed by atoms with Gasteiger partial charge in [-0.2, -0.15) is 22.0 Å². The van der Waals surface area contributed by atoms with Gasteiger partial charge in [-0.1, -0.05) is 48.5 Å². The fraction of sp³-hybridized carbons (Fsp3) is 0.263. The first kappa shape index (κ1) is 21.5. The molecule has 0 radical (unpaired) electrons. The number of aliphatic hydroxyl groups is 1. The van der Waals surface area contributed by atoms with Crippen molar-refractivity contribution in [2.45, 2.75) is 24.6 Å². The molecule has 11 heteroatoms. The van der Waals surface area contributed by atoms with Crippen molar-refractivity contribution in [3.8, 4) is 5.75 Å². The smallest absolute Gasteiger partial charge is 0.434 e. The van der Waals surface area contributed by atoms with Gasteiger partial charge in [0, 0.05) is 11.1 Å². The number of amides is 2. The Kier molecular flexibility index (Phi) is 5.66. The second-order valence-electron chi connectivity index (χ2n) is 6.46. The first-order chi connectivity index (χ1) is 14.0. The molecule has 3 rings (SSSR count). The number of para-hydroxylation sites is 1. The van der Waals surface area contributed by atoms with Crippen molar-refractivity contribution in [3.05, 3.63) is 65.7 Å². The van der Waals surface area contributed by atoms with Crippen LogP contribution in [0.3, 0.4) is 0 Å². The standard InChI is InChI=1S/C19H15F5N2O4/c20-16(21)30-12-9-5-4-8-11(12)14-13(15(27)10-6-2-1-3-7-10)18(29,19(22,23)24)26-17(28)25-14/h1-9,13-14,16,29H,(H2,25,26,28)/t13-,14+,18-/m0/s1. The Balaban J connectivity index is 2.19. The highest BCUT2D eigenvalue weighted by Gasteiger charge is 2.66. The van der Waals surface area contributed by atoms with E-state index in [9.17, 15) is 36.6 Å². The average Bonchev–Trinajstić information content (AvgIpc) is 2.67. The molecule has 0 aliphatic carbocycles. The first-order valence-electron chi connectivity index (χ1n) is 8.55. The average molecular weight is 430 g/mol. The molecule has 0 unspecified atom stereocenters. The Morgan fingerprint density at radius 1 is 1.07 bits per heavy atom. The second kappa shape index (κ2) is 7.90. The molecule has 2 aromatic rings. The van der Waals surface area contributed by atoms with Crippen LogP contribution in [0, 0.1) is 5.92 Å². The summed E-state index contributed by atoms with van der Waals surface area (Å²) in [7, 11) is 0. The number of urea groups is 1. The third-order valence-electron chi connectivity index (χ3n) is 4.62. The third kappa shape index (κ3) is 3.92. The maximum atomic E-state index is 13.8. The van der Waals surface area contributed by atoms with Crippen molar-refractivity contribution >= 4 is 11.8 Å². The molecule has 1 aliphatic rings. The highest BCUT2D eigenvalue weighted by atomic mass is 19.4. The Morgan fingerprint density at radius 2 is 1.67 bits per heavy atom. The van der Waals surface area contributed by atoms with E-state index in [4.69, 9.17) is 0 Å². The van der Waals surface area contributed by atoms with Crippen LogP contribution in [0.15, 0.2) is 54.6 Å². The van der Waals surface area contributed by atoms with Gasteiger partial charge in [0.2, 0.25) is 5.72 Å². The summed E-state index contributed by atoms with van der Waals surface area (Å²) >= 11 is 0. The monoisotopic (exact) mass is 430 g/mol. The summed E-state index contributed by atoms with van der Waals surface area (Å²) in [6.07, 6.45) is -5.46. The fourth-order valence-electron chi connectivity index (χ4n) is 3.32. The highest BCUT2D eigenvalue weighted by molar-refractivity contribution is 6.00. The van der Waals surface area contributed by atoms with E-state index in [1.165, 1.54) is 47.8 Å². The highest BCUT2D eigenvalue weighted by Crippen LogP contribution is 2.45. The molecule has 3 atom stereocenters. The van der Waals surface area contributed by atoms with Crippen LogP contribution < -0.4 is 15.4 Å². The van der Waals surface area contributed by atoms with Gasteiger partial charge in [0.05, 0.1) is 6.04 Å². The number of benzene rings is 2. The molecule has 6 nitrogen and oxygen atoms in total. The number of hydrogen-bond acceptors (Lipinski definition) is 4. The summed E-state index contributed by atoms with van der Waals surface area (Å²) in [6.45, 7) is -3.31. The number of hydrogen-bond donors (Lipinski definition) is 3. The minimum Gasteiger partial charge on any atom is -0.434 e. The van der Waals surface area contributed by atoms with E-state index in [0.29, 0.717) is 0 Å². The summed E-state index contributed by atoms with van der Waals surface area (Å²) in [5, 5.41) is 14.0. The van der Waals surface area contributed by atoms with Gasteiger partial charge in [-0.05, 0) is 6.07 Å². The number of halogens is 5. The topological polar surface area (TPSA) is 87.7 Å². The molecule has 0 saturated carbocycles. The minimum absolute atomic E-state index is 0.180. The van der Waals surface area contributed by atoms with Gasteiger partial charge in [0.15, 0.2) is 5.78 Å². The van der Waals surface area contributed by atoms with Crippen LogP contribution in [0.1, 0.15) is 22.0 Å². The third-order valence-corrected chi connectivity index (χ3v) is 4.62. The van der Waals surface area contributed by atoms with E-state index in [2.05, 4.69) is 10.1 Å². The number of ketones is 1. The number of carbonyl (C=O) groups excluding carboxylic acids is 2. The molecule has 3 N–H and O–H groups in total. The number of alkyl halides is 5. The maximum absolute atomic E-state index is 13.8. The van der Waals surface area contributed by atoms with Crippen molar-refractivity contribution in [1.29, 1.82) is 0 Å². The van der Waals surface area contributed by atoms with Crippen LogP contribution in [0.5, 0.6) is 5.75 Å². The normalized spacial score (nSPS) is 24.2. The van der Waals surface area contributed by atoms with Crippen LogP contribution in [-0.4, -0.2) is 35.4 Å². The number of nitrogens with one attached hydrogen (secondary N) is 2. The van der Waals surface area contributed by atoms with Crippen molar-refractivity contribution in [2.24, 2.45) is 5.92 Å². The molecule has 0 bridgehead atoms. The Labute approximate surface area is 166 Å². The molecule has 1 saturated heterocycles. The minimum atomic E-state index is -5.46. The molecule has 160 valence electrons. The van der Waals surface area contributed by atoms with E-state index < -0.39 is 48.0 Å². The number of Topliss-reactive ketones (excluding diaryl/α,β-unsaturated/α-hetero) is 1. The van der Waals surface area contributed by atoms with Crippen molar-refractivity contribution in [3.63, 3.8) is 0 Å².